The second-order valence-electron chi connectivity index (χ2n) is 7.95. The summed E-state index contributed by atoms with van der Waals surface area (Å²) in [6.45, 7) is 2.02. The Morgan fingerprint density at radius 1 is 1.23 bits per heavy atom. The second-order valence-corrected chi connectivity index (χ2v) is 7.95. The van der Waals surface area contributed by atoms with Gasteiger partial charge in [-0.05, 0) is 30.5 Å². The molecule has 1 N–H and O–H groups in total. The lowest BCUT2D eigenvalue weighted by atomic mass is 9.81. The smallest absolute Gasteiger partial charge is 0.269 e. The molecule has 0 fully saturated rings. The Balaban J connectivity index is 1.94. The molecule has 0 radical (unpaired) electrons. The van der Waals surface area contributed by atoms with E-state index in [4.69, 9.17) is 0 Å². The molecule has 0 bridgehead atoms. The molecule has 0 unspecified atom stereocenters. The number of Topliss-reactive ketones (excluding diaryl/α,β-unsaturated/α-hetero) is 1. The number of para-hydroxylation sites is 2. The lowest BCUT2D eigenvalue weighted by molar-refractivity contribution is -0.384. The van der Waals surface area contributed by atoms with Crippen molar-refractivity contribution in [3.05, 3.63) is 76.0 Å². The monoisotopic (exact) mass is 419 g/mol. The van der Waals surface area contributed by atoms with Crippen LogP contribution in [0, 0.1) is 16.0 Å². The van der Waals surface area contributed by atoms with E-state index in [2.05, 4.69) is 5.32 Å². The van der Waals surface area contributed by atoms with Crippen LogP contribution in [0.15, 0.2) is 60.3 Å². The normalized spacial score (nSPS) is 20.1. The first kappa shape index (κ1) is 20.8. The highest BCUT2D eigenvalue weighted by Crippen LogP contribution is 2.46. The quantitative estimate of drug-likeness (QED) is 0.535. The molecule has 0 spiro atoms. The maximum absolute atomic E-state index is 13.5. The van der Waals surface area contributed by atoms with E-state index in [-0.39, 0.29) is 17.4 Å². The fourth-order valence-electron chi connectivity index (χ4n) is 4.45. The van der Waals surface area contributed by atoms with Gasteiger partial charge in [0.2, 0.25) is 5.91 Å². The predicted octanol–water partition coefficient (Wildman–Crippen LogP) is 5.15. The van der Waals surface area contributed by atoms with Crippen LogP contribution in [0.2, 0.25) is 0 Å². The standard InChI is InChI=1S/C24H25N3O4/c1-2-3-14-22(29)26-20-12-5-4-10-18(20)25-19-11-7-13-21(28)23(19)24(26)16-8-6-9-17(15-16)27(30)31/h4-6,8-12,15,23-25H,2-3,7,13-14H2,1H3/t23-,24+/m0/s1. The van der Waals surface area contributed by atoms with E-state index in [1.807, 2.05) is 37.3 Å². The number of hydrogen-bond acceptors (Lipinski definition) is 5. The van der Waals surface area contributed by atoms with Gasteiger partial charge in [-0.2, -0.15) is 0 Å². The van der Waals surface area contributed by atoms with Crippen molar-refractivity contribution >= 4 is 28.8 Å². The molecule has 1 aliphatic carbocycles. The zero-order valence-electron chi connectivity index (χ0n) is 17.4. The molecule has 4 rings (SSSR count). The van der Waals surface area contributed by atoms with Crippen molar-refractivity contribution in [3.63, 3.8) is 0 Å². The highest BCUT2D eigenvalue weighted by molar-refractivity contribution is 6.01. The van der Waals surface area contributed by atoms with E-state index >= 15 is 0 Å². The molecule has 160 valence electrons. The summed E-state index contributed by atoms with van der Waals surface area (Å²) in [5.41, 5.74) is 2.72. The number of nitro groups is 1. The Labute approximate surface area is 180 Å². The topological polar surface area (TPSA) is 92.6 Å². The Hall–Kier alpha value is -3.48. The first-order chi connectivity index (χ1) is 15.0. The van der Waals surface area contributed by atoms with Crippen LogP contribution in [0.4, 0.5) is 17.1 Å². The molecule has 31 heavy (non-hydrogen) atoms. The van der Waals surface area contributed by atoms with Crippen LogP contribution in [-0.2, 0) is 9.59 Å². The number of amides is 1. The molecule has 2 aromatic carbocycles. The van der Waals surface area contributed by atoms with Gasteiger partial charge in [0.1, 0.15) is 5.78 Å². The molecule has 0 saturated carbocycles. The van der Waals surface area contributed by atoms with Crippen molar-refractivity contribution in [3.8, 4) is 0 Å². The van der Waals surface area contributed by atoms with Crippen molar-refractivity contribution in [1.82, 2.24) is 0 Å². The van der Waals surface area contributed by atoms with Crippen LogP contribution in [0.1, 0.15) is 50.6 Å². The summed E-state index contributed by atoms with van der Waals surface area (Å²) in [6, 6.07) is 13.1. The Morgan fingerprint density at radius 2 is 2.03 bits per heavy atom. The molecular weight excluding hydrogens is 394 g/mol. The van der Waals surface area contributed by atoms with Gasteiger partial charge in [0.25, 0.3) is 5.69 Å². The Morgan fingerprint density at radius 3 is 2.81 bits per heavy atom. The zero-order valence-corrected chi connectivity index (χ0v) is 17.4. The number of nitrogens with zero attached hydrogens (tertiary/aromatic N) is 2. The summed E-state index contributed by atoms with van der Waals surface area (Å²) in [4.78, 5) is 39.3. The number of allylic oxidation sites excluding steroid dienone is 1. The number of ketones is 1. The fraction of sp³-hybridized carbons (Fsp3) is 0.333. The van der Waals surface area contributed by atoms with Crippen LogP contribution in [0.5, 0.6) is 0 Å². The van der Waals surface area contributed by atoms with E-state index in [1.165, 1.54) is 12.1 Å². The summed E-state index contributed by atoms with van der Waals surface area (Å²) < 4.78 is 0. The number of carbonyl (C=O) groups excluding carboxylic acids is 2. The molecule has 1 amide bonds. The molecule has 0 aromatic heterocycles. The van der Waals surface area contributed by atoms with Gasteiger partial charge in [-0.3, -0.25) is 19.7 Å². The summed E-state index contributed by atoms with van der Waals surface area (Å²) in [7, 11) is 0. The van der Waals surface area contributed by atoms with Crippen LogP contribution in [0.3, 0.4) is 0 Å². The number of nitro benzene ring substituents is 1. The number of rotatable bonds is 5. The number of hydrogen-bond donors (Lipinski definition) is 1. The average Bonchev–Trinajstić information content (AvgIpc) is 2.92. The number of fused-ring (bicyclic) bond motifs is 2. The first-order valence-corrected chi connectivity index (χ1v) is 10.7. The maximum atomic E-state index is 13.5. The van der Waals surface area contributed by atoms with Crippen molar-refractivity contribution < 1.29 is 14.5 Å². The number of carbonyl (C=O) groups is 2. The van der Waals surface area contributed by atoms with Gasteiger partial charge >= 0.3 is 0 Å². The predicted molar refractivity (Wildman–Crippen MR) is 119 cm³/mol. The highest BCUT2D eigenvalue weighted by Gasteiger charge is 2.43. The van der Waals surface area contributed by atoms with Crippen LogP contribution in [-0.4, -0.2) is 16.6 Å². The summed E-state index contributed by atoms with van der Waals surface area (Å²) in [6.07, 6.45) is 4.96. The minimum Gasteiger partial charge on any atom is -0.357 e. The number of unbranched alkanes of at least 4 members (excludes halogenated alkanes) is 1. The third kappa shape index (κ3) is 3.95. The molecule has 2 atom stereocenters. The van der Waals surface area contributed by atoms with E-state index in [0.717, 1.165) is 24.2 Å². The highest BCUT2D eigenvalue weighted by atomic mass is 16.6. The largest absolute Gasteiger partial charge is 0.357 e. The second kappa shape index (κ2) is 8.71. The van der Waals surface area contributed by atoms with Gasteiger partial charge in [-0.1, -0.05) is 43.7 Å². The van der Waals surface area contributed by atoms with Gasteiger partial charge < -0.3 is 10.2 Å². The lowest BCUT2D eigenvalue weighted by Crippen LogP contribution is -2.42. The van der Waals surface area contributed by atoms with Gasteiger partial charge in [0, 0.05) is 30.7 Å². The maximum Gasteiger partial charge on any atom is 0.269 e. The molecule has 0 saturated heterocycles. The Bertz CT molecular complexity index is 1060. The van der Waals surface area contributed by atoms with Crippen molar-refractivity contribution in [2.45, 2.75) is 45.1 Å². The first-order valence-electron chi connectivity index (χ1n) is 10.7. The molecule has 1 aliphatic heterocycles. The molecule has 2 aromatic rings. The van der Waals surface area contributed by atoms with Crippen LogP contribution >= 0.6 is 0 Å². The molecule has 7 heteroatoms. The van der Waals surface area contributed by atoms with Gasteiger partial charge in [0.05, 0.1) is 28.3 Å². The number of nitrogens with one attached hydrogen (secondary N) is 1. The van der Waals surface area contributed by atoms with Gasteiger partial charge in [-0.25, -0.2) is 0 Å². The summed E-state index contributed by atoms with van der Waals surface area (Å²) in [5.74, 6) is -0.663. The SMILES string of the molecule is CCCCC(=O)N1c2ccccc2NC2=CCCC(=O)[C@H]2[C@H]1c1cccc([N+](=O)[O-])c1. The molecular formula is C24H25N3O4. The van der Waals surface area contributed by atoms with Crippen LogP contribution < -0.4 is 10.2 Å². The minimum absolute atomic E-state index is 0.0302. The third-order valence-electron chi connectivity index (χ3n) is 5.91. The van der Waals surface area contributed by atoms with Crippen molar-refractivity contribution in [1.29, 1.82) is 0 Å². The average molecular weight is 419 g/mol. The summed E-state index contributed by atoms with van der Waals surface area (Å²) >= 11 is 0. The van der Waals surface area contributed by atoms with Gasteiger partial charge in [-0.15, -0.1) is 0 Å². The molecule has 1 heterocycles. The zero-order chi connectivity index (χ0) is 22.0. The third-order valence-corrected chi connectivity index (χ3v) is 5.91. The van der Waals surface area contributed by atoms with Crippen molar-refractivity contribution in [2.75, 3.05) is 10.2 Å². The lowest BCUT2D eigenvalue weighted by Gasteiger charge is -2.36. The minimum atomic E-state index is -0.653. The van der Waals surface area contributed by atoms with Gasteiger partial charge in [0.15, 0.2) is 0 Å². The van der Waals surface area contributed by atoms with E-state index in [9.17, 15) is 19.7 Å². The van der Waals surface area contributed by atoms with Crippen molar-refractivity contribution in [2.24, 2.45) is 5.92 Å². The summed E-state index contributed by atoms with van der Waals surface area (Å²) in [5, 5.41) is 14.8. The van der Waals surface area contributed by atoms with E-state index < -0.39 is 16.9 Å². The Kier molecular flexibility index (Phi) is 5.84. The fourth-order valence-corrected chi connectivity index (χ4v) is 4.45. The molecule has 7 nitrogen and oxygen atoms in total. The van der Waals surface area contributed by atoms with Crippen LogP contribution in [0.25, 0.3) is 0 Å². The van der Waals surface area contributed by atoms with E-state index in [1.54, 1.807) is 17.0 Å². The number of benzene rings is 2. The van der Waals surface area contributed by atoms with E-state index in [0.29, 0.717) is 30.5 Å². The molecule has 2 aliphatic rings. The number of non-ortho nitro benzene ring substituents is 1. The number of anilines is 2.